The first-order chi connectivity index (χ1) is 6.77. The molecule has 0 saturated heterocycles. The fraction of sp³-hybridized carbons (Fsp3) is 0. The highest BCUT2D eigenvalue weighted by atomic mass is 79.9. The Bertz CT molecular complexity index is 507. The second-order valence-corrected chi connectivity index (χ2v) is 3.62. The first-order valence-corrected chi connectivity index (χ1v) is 4.87. The first-order valence-electron chi connectivity index (χ1n) is 4.07. The molecule has 2 rings (SSSR count). The molecule has 4 heteroatoms. The minimum atomic E-state index is -0.335. The van der Waals surface area contributed by atoms with Crippen LogP contribution in [0.1, 0.15) is 0 Å². The van der Waals surface area contributed by atoms with Gasteiger partial charge >= 0.3 is 5.69 Å². The Hall–Kier alpha value is -1.42. The van der Waals surface area contributed by atoms with Crippen molar-refractivity contribution in [3.8, 4) is 11.3 Å². The van der Waals surface area contributed by atoms with E-state index in [2.05, 4.69) is 25.9 Å². The van der Waals surface area contributed by atoms with E-state index < -0.39 is 0 Å². The summed E-state index contributed by atoms with van der Waals surface area (Å²) in [5.74, 6) is 0. The lowest BCUT2D eigenvalue weighted by Gasteiger charge is -2.02. The van der Waals surface area contributed by atoms with Crippen molar-refractivity contribution in [2.24, 2.45) is 0 Å². The Morgan fingerprint density at radius 2 is 2.00 bits per heavy atom. The second kappa shape index (κ2) is 3.75. The topological polar surface area (TPSA) is 45.8 Å². The van der Waals surface area contributed by atoms with Gasteiger partial charge in [0.25, 0.3) is 0 Å². The predicted molar refractivity (Wildman–Crippen MR) is 58.0 cm³/mol. The van der Waals surface area contributed by atoms with Crippen molar-refractivity contribution in [1.82, 2.24) is 9.97 Å². The van der Waals surface area contributed by atoms with Crippen LogP contribution < -0.4 is 5.69 Å². The van der Waals surface area contributed by atoms with E-state index in [0.29, 0.717) is 0 Å². The lowest BCUT2D eigenvalue weighted by atomic mass is 10.1. The summed E-state index contributed by atoms with van der Waals surface area (Å²) < 4.78 is 0.946. The van der Waals surface area contributed by atoms with Crippen molar-refractivity contribution in [3.05, 3.63) is 51.5 Å². The maximum absolute atomic E-state index is 11.0. The van der Waals surface area contributed by atoms with Crippen LogP contribution in [0.4, 0.5) is 0 Å². The molecule has 0 amide bonds. The molecule has 0 aliphatic rings. The molecule has 0 aliphatic heterocycles. The van der Waals surface area contributed by atoms with E-state index in [9.17, 15) is 4.79 Å². The summed E-state index contributed by atoms with van der Waals surface area (Å²) in [5.41, 5.74) is 1.38. The average Bonchev–Trinajstić information content (AvgIpc) is 2.18. The number of halogens is 1. The molecule has 0 spiro atoms. The zero-order valence-electron chi connectivity index (χ0n) is 7.20. The van der Waals surface area contributed by atoms with Crippen LogP contribution in [-0.4, -0.2) is 9.97 Å². The molecule has 1 aromatic heterocycles. The highest BCUT2D eigenvalue weighted by Gasteiger charge is 2.01. The minimum Gasteiger partial charge on any atom is -0.305 e. The SMILES string of the molecule is O=c1nccc(-c2ccccc2Br)[nH]1. The number of nitrogens with one attached hydrogen (secondary N) is 1. The Labute approximate surface area is 89.0 Å². The van der Waals surface area contributed by atoms with Crippen molar-refractivity contribution in [1.29, 1.82) is 0 Å². The van der Waals surface area contributed by atoms with Gasteiger partial charge in [-0.25, -0.2) is 9.78 Å². The number of benzene rings is 1. The average molecular weight is 251 g/mol. The zero-order chi connectivity index (χ0) is 9.97. The van der Waals surface area contributed by atoms with Crippen LogP contribution in [0.25, 0.3) is 11.3 Å². The van der Waals surface area contributed by atoms with Crippen LogP contribution in [0.15, 0.2) is 45.8 Å². The van der Waals surface area contributed by atoms with Gasteiger partial charge in [-0.05, 0) is 12.1 Å². The van der Waals surface area contributed by atoms with Crippen LogP contribution in [-0.2, 0) is 0 Å². The van der Waals surface area contributed by atoms with Crippen molar-refractivity contribution < 1.29 is 0 Å². The molecule has 2 aromatic rings. The highest BCUT2D eigenvalue weighted by Crippen LogP contribution is 2.24. The van der Waals surface area contributed by atoms with Gasteiger partial charge in [0.2, 0.25) is 0 Å². The van der Waals surface area contributed by atoms with E-state index in [1.807, 2.05) is 24.3 Å². The fourth-order valence-corrected chi connectivity index (χ4v) is 1.70. The molecule has 0 unspecified atom stereocenters. The molecular weight excluding hydrogens is 244 g/mol. The second-order valence-electron chi connectivity index (χ2n) is 2.77. The molecule has 0 bridgehead atoms. The molecule has 3 nitrogen and oxygen atoms in total. The third-order valence-corrected chi connectivity index (χ3v) is 2.53. The van der Waals surface area contributed by atoms with E-state index in [0.717, 1.165) is 15.7 Å². The van der Waals surface area contributed by atoms with Crippen LogP contribution in [0, 0.1) is 0 Å². The van der Waals surface area contributed by atoms with Crippen LogP contribution in [0.3, 0.4) is 0 Å². The van der Waals surface area contributed by atoms with E-state index in [-0.39, 0.29) is 5.69 Å². The van der Waals surface area contributed by atoms with E-state index in [4.69, 9.17) is 0 Å². The Balaban J connectivity index is 2.61. The molecule has 70 valence electrons. The lowest BCUT2D eigenvalue weighted by Crippen LogP contribution is -2.09. The molecular formula is C10H7BrN2O. The summed E-state index contributed by atoms with van der Waals surface area (Å²) in [5, 5.41) is 0. The smallest absolute Gasteiger partial charge is 0.305 e. The van der Waals surface area contributed by atoms with Gasteiger partial charge in [-0.15, -0.1) is 0 Å². The number of H-pyrrole nitrogens is 1. The number of hydrogen-bond acceptors (Lipinski definition) is 2. The van der Waals surface area contributed by atoms with Crippen molar-refractivity contribution >= 4 is 15.9 Å². The third-order valence-electron chi connectivity index (χ3n) is 1.84. The molecule has 0 saturated carbocycles. The van der Waals surface area contributed by atoms with Crippen LogP contribution >= 0.6 is 15.9 Å². The van der Waals surface area contributed by atoms with Crippen LogP contribution in [0.5, 0.6) is 0 Å². The van der Waals surface area contributed by atoms with Gasteiger partial charge in [0.05, 0.1) is 5.69 Å². The van der Waals surface area contributed by atoms with Gasteiger partial charge in [0, 0.05) is 16.2 Å². The molecule has 1 heterocycles. The molecule has 0 atom stereocenters. The normalized spacial score (nSPS) is 10.1. The molecule has 0 aliphatic carbocycles. The summed E-state index contributed by atoms with van der Waals surface area (Å²) in [6, 6.07) is 9.46. The summed E-state index contributed by atoms with van der Waals surface area (Å²) in [7, 11) is 0. The number of aromatic amines is 1. The summed E-state index contributed by atoms with van der Waals surface area (Å²) >= 11 is 3.42. The Morgan fingerprint density at radius 1 is 1.21 bits per heavy atom. The summed E-state index contributed by atoms with van der Waals surface area (Å²) in [6.07, 6.45) is 1.49. The number of nitrogens with zero attached hydrogens (tertiary/aromatic N) is 1. The standard InChI is InChI=1S/C10H7BrN2O/c11-8-4-2-1-3-7(8)9-5-6-12-10(14)13-9/h1-6H,(H,12,13,14). The first kappa shape index (κ1) is 9.15. The quantitative estimate of drug-likeness (QED) is 0.844. The number of rotatable bonds is 1. The highest BCUT2D eigenvalue weighted by molar-refractivity contribution is 9.10. The van der Waals surface area contributed by atoms with Gasteiger partial charge < -0.3 is 4.98 Å². The largest absolute Gasteiger partial charge is 0.345 e. The Kier molecular flexibility index (Phi) is 2.45. The van der Waals surface area contributed by atoms with Gasteiger partial charge in [-0.2, -0.15) is 0 Å². The molecule has 14 heavy (non-hydrogen) atoms. The fourth-order valence-electron chi connectivity index (χ4n) is 1.21. The van der Waals surface area contributed by atoms with Gasteiger partial charge in [-0.3, -0.25) is 0 Å². The number of aromatic nitrogens is 2. The maximum Gasteiger partial charge on any atom is 0.345 e. The third kappa shape index (κ3) is 1.75. The summed E-state index contributed by atoms with van der Waals surface area (Å²) in [4.78, 5) is 17.2. The van der Waals surface area contributed by atoms with Crippen molar-refractivity contribution in [2.45, 2.75) is 0 Å². The van der Waals surface area contributed by atoms with Crippen molar-refractivity contribution in [2.75, 3.05) is 0 Å². The molecule has 0 fully saturated rings. The van der Waals surface area contributed by atoms with Gasteiger partial charge in [0.1, 0.15) is 0 Å². The van der Waals surface area contributed by atoms with E-state index >= 15 is 0 Å². The van der Waals surface area contributed by atoms with E-state index in [1.165, 1.54) is 6.20 Å². The molecule has 1 aromatic carbocycles. The number of hydrogen-bond donors (Lipinski definition) is 1. The maximum atomic E-state index is 11.0. The predicted octanol–water partition coefficient (Wildman–Crippen LogP) is 2.20. The monoisotopic (exact) mass is 250 g/mol. The van der Waals surface area contributed by atoms with Gasteiger partial charge in [0.15, 0.2) is 0 Å². The van der Waals surface area contributed by atoms with Crippen molar-refractivity contribution in [3.63, 3.8) is 0 Å². The Morgan fingerprint density at radius 3 is 2.71 bits per heavy atom. The summed E-state index contributed by atoms with van der Waals surface area (Å²) in [6.45, 7) is 0. The zero-order valence-corrected chi connectivity index (χ0v) is 8.78. The lowest BCUT2D eigenvalue weighted by molar-refractivity contribution is 1.08. The molecule has 1 N–H and O–H groups in total. The minimum absolute atomic E-state index is 0.335. The van der Waals surface area contributed by atoms with Crippen LogP contribution in [0.2, 0.25) is 0 Å². The van der Waals surface area contributed by atoms with E-state index in [1.54, 1.807) is 6.07 Å². The molecule has 0 radical (unpaired) electrons. The van der Waals surface area contributed by atoms with Gasteiger partial charge in [-0.1, -0.05) is 34.1 Å².